The van der Waals surface area contributed by atoms with Crippen molar-refractivity contribution in [3.8, 4) is 0 Å². The van der Waals surface area contributed by atoms with Crippen LogP contribution in [-0.2, 0) is 4.57 Å². The van der Waals surface area contributed by atoms with Crippen LogP contribution in [0.1, 0.15) is 0 Å². The predicted octanol–water partition coefficient (Wildman–Crippen LogP) is 1.31. The van der Waals surface area contributed by atoms with Crippen molar-refractivity contribution >= 4 is 34.0 Å². The van der Waals surface area contributed by atoms with Gasteiger partial charge in [-0.3, -0.25) is 4.57 Å². The molecule has 0 aliphatic carbocycles. The van der Waals surface area contributed by atoms with Crippen LogP contribution in [0.15, 0.2) is 0 Å². The minimum atomic E-state index is -3.49. The molecule has 0 aromatic heterocycles. The van der Waals surface area contributed by atoms with Gasteiger partial charge in [0.05, 0.1) is 0 Å². The molecule has 1 unspecified atom stereocenters. The van der Waals surface area contributed by atoms with E-state index in [1.807, 2.05) is 0 Å². The molecule has 0 aliphatic heterocycles. The third-order valence-electron chi connectivity index (χ3n) is 0.401. The number of nitrogens with one attached hydrogen (secondary N) is 1. The maximum Gasteiger partial charge on any atom is 0.357 e. The molecule has 0 saturated carbocycles. The third-order valence-corrected chi connectivity index (χ3v) is 1.77. The Bertz CT molecular complexity index is 104. The molecule has 0 bridgehead atoms. The first-order valence-corrected chi connectivity index (χ1v) is 5.58. The summed E-state index contributed by atoms with van der Waals surface area (Å²) in [5, 5.41) is 2.82. The van der Waals surface area contributed by atoms with Crippen molar-refractivity contribution in [3.05, 3.63) is 0 Å². The summed E-state index contributed by atoms with van der Waals surface area (Å²) in [7, 11) is 0. The van der Waals surface area contributed by atoms with Crippen LogP contribution < -0.4 is 5.09 Å². The Labute approximate surface area is 60.8 Å². The molecule has 0 heterocycles. The van der Waals surface area contributed by atoms with E-state index in [9.17, 15) is 4.57 Å². The van der Waals surface area contributed by atoms with Crippen LogP contribution in [0.25, 0.3) is 0 Å². The van der Waals surface area contributed by atoms with Crippen LogP contribution in [0.5, 0.6) is 0 Å². The van der Waals surface area contributed by atoms with Gasteiger partial charge in [0.25, 0.3) is 0 Å². The van der Waals surface area contributed by atoms with E-state index >= 15 is 0 Å². The molecule has 0 aliphatic rings. The Kier molecular flexibility index (Phi) is 4.30. The summed E-state index contributed by atoms with van der Waals surface area (Å²) in [4.78, 5) is 8.34. The highest BCUT2D eigenvalue weighted by Gasteiger charge is 2.09. The number of hydrogen-bond acceptors (Lipinski definition) is 1. The standard InChI is InChI=1S/C2H6BrClNO2P/c3-1-2-5-8(4,6)7/h1-2H2,(H2,5,6,7). The smallest absolute Gasteiger partial charge is 0.322 e. The summed E-state index contributed by atoms with van der Waals surface area (Å²) < 4.78 is 10.2. The quantitative estimate of drug-likeness (QED) is 0.559. The minimum Gasteiger partial charge on any atom is -0.322 e. The highest BCUT2D eigenvalue weighted by Crippen LogP contribution is 2.40. The molecule has 0 amide bonds. The van der Waals surface area contributed by atoms with Crippen molar-refractivity contribution in [1.82, 2.24) is 5.09 Å². The maximum atomic E-state index is 10.2. The van der Waals surface area contributed by atoms with E-state index in [1.54, 1.807) is 0 Å². The predicted molar refractivity (Wildman–Crippen MR) is 37.5 cm³/mol. The highest BCUT2D eigenvalue weighted by atomic mass is 79.9. The molecule has 0 radical (unpaired) electrons. The fraction of sp³-hybridized carbons (Fsp3) is 1.00. The lowest BCUT2D eigenvalue weighted by molar-refractivity contribution is 0.483. The second-order valence-corrected chi connectivity index (χ2v) is 4.59. The molecule has 3 nitrogen and oxygen atoms in total. The van der Waals surface area contributed by atoms with Crippen LogP contribution in [0.2, 0.25) is 0 Å². The van der Waals surface area contributed by atoms with Gasteiger partial charge in [-0.2, -0.15) is 0 Å². The lowest BCUT2D eigenvalue weighted by Gasteiger charge is -2.00. The van der Waals surface area contributed by atoms with Crippen molar-refractivity contribution < 1.29 is 9.46 Å². The van der Waals surface area contributed by atoms with Gasteiger partial charge in [-0.1, -0.05) is 15.9 Å². The van der Waals surface area contributed by atoms with Gasteiger partial charge in [-0.05, 0) is 11.2 Å². The molecule has 0 rings (SSSR count). The van der Waals surface area contributed by atoms with Crippen molar-refractivity contribution in [1.29, 1.82) is 0 Å². The molecular formula is C2H6BrClNO2P. The average Bonchev–Trinajstić information content (AvgIpc) is 1.59. The van der Waals surface area contributed by atoms with E-state index in [4.69, 9.17) is 16.1 Å². The summed E-state index contributed by atoms with van der Waals surface area (Å²) in [5.41, 5.74) is 0. The van der Waals surface area contributed by atoms with E-state index in [0.29, 0.717) is 11.9 Å². The molecule has 0 aromatic rings. The first kappa shape index (κ1) is 8.92. The van der Waals surface area contributed by atoms with Crippen LogP contribution in [-0.4, -0.2) is 16.8 Å². The first-order chi connectivity index (χ1) is 3.56. The van der Waals surface area contributed by atoms with Crippen LogP contribution >= 0.6 is 34.0 Å². The van der Waals surface area contributed by atoms with E-state index in [0.717, 1.165) is 0 Å². The fourth-order valence-corrected chi connectivity index (χ4v) is 1.33. The molecule has 0 fully saturated rings. The second kappa shape index (κ2) is 3.85. The van der Waals surface area contributed by atoms with Gasteiger partial charge in [-0.15, -0.1) is 0 Å². The monoisotopic (exact) mass is 221 g/mol. The first-order valence-electron chi connectivity index (χ1n) is 1.90. The van der Waals surface area contributed by atoms with Crippen LogP contribution in [0.4, 0.5) is 0 Å². The Morgan fingerprint density at radius 3 is 2.50 bits per heavy atom. The summed E-state index contributed by atoms with van der Waals surface area (Å²) in [6.07, 6.45) is 0. The molecule has 50 valence electrons. The number of hydrogen-bond donors (Lipinski definition) is 2. The van der Waals surface area contributed by atoms with Gasteiger partial charge in [0.15, 0.2) is 0 Å². The van der Waals surface area contributed by atoms with E-state index in [-0.39, 0.29) is 0 Å². The summed E-state index contributed by atoms with van der Waals surface area (Å²) in [6, 6.07) is 0. The largest absolute Gasteiger partial charge is 0.357 e. The van der Waals surface area contributed by atoms with Gasteiger partial charge in [-0.25, -0.2) is 5.09 Å². The number of alkyl halides is 1. The zero-order valence-corrected chi connectivity index (χ0v) is 7.21. The van der Waals surface area contributed by atoms with Gasteiger partial charge < -0.3 is 4.89 Å². The van der Waals surface area contributed by atoms with Gasteiger partial charge in [0, 0.05) is 11.9 Å². The Morgan fingerprint density at radius 1 is 1.88 bits per heavy atom. The van der Waals surface area contributed by atoms with Crippen molar-refractivity contribution in [3.63, 3.8) is 0 Å². The van der Waals surface area contributed by atoms with Crippen molar-refractivity contribution in [2.45, 2.75) is 0 Å². The Morgan fingerprint density at radius 2 is 2.38 bits per heavy atom. The molecular weight excluding hydrogens is 216 g/mol. The van der Waals surface area contributed by atoms with Crippen molar-refractivity contribution in [2.24, 2.45) is 0 Å². The van der Waals surface area contributed by atoms with Crippen molar-refractivity contribution in [2.75, 3.05) is 11.9 Å². The van der Waals surface area contributed by atoms with E-state index < -0.39 is 6.87 Å². The van der Waals surface area contributed by atoms with E-state index in [2.05, 4.69) is 21.0 Å². The molecule has 0 aromatic carbocycles. The third kappa shape index (κ3) is 6.92. The van der Waals surface area contributed by atoms with Gasteiger partial charge in [0.2, 0.25) is 0 Å². The van der Waals surface area contributed by atoms with E-state index in [1.165, 1.54) is 0 Å². The van der Waals surface area contributed by atoms with Crippen LogP contribution in [0, 0.1) is 0 Å². The summed E-state index contributed by atoms with van der Waals surface area (Å²) in [6.45, 7) is -3.09. The number of rotatable bonds is 3. The maximum absolute atomic E-state index is 10.2. The Hall–Kier alpha value is 0.920. The second-order valence-electron chi connectivity index (χ2n) is 1.10. The molecule has 6 heteroatoms. The average molecular weight is 222 g/mol. The molecule has 8 heavy (non-hydrogen) atoms. The lowest BCUT2D eigenvalue weighted by atomic mass is 10.8. The number of halogens is 2. The van der Waals surface area contributed by atoms with Crippen LogP contribution in [0.3, 0.4) is 0 Å². The summed E-state index contributed by atoms with van der Waals surface area (Å²) >= 11 is 7.94. The fourth-order valence-electron chi connectivity index (χ4n) is 0.180. The highest BCUT2D eigenvalue weighted by molar-refractivity contribution is 9.09. The summed E-state index contributed by atoms with van der Waals surface area (Å²) in [5.74, 6) is 0. The zero-order chi connectivity index (χ0) is 6.62. The lowest BCUT2D eigenvalue weighted by Crippen LogP contribution is -2.08. The zero-order valence-electron chi connectivity index (χ0n) is 3.97. The topological polar surface area (TPSA) is 49.3 Å². The minimum absolute atomic E-state index is 0.400. The van der Waals surface area contributed by atoms with Gasteiger partial charge >= 0.3 is 6.87 Å². The normalized spacial score (nSPS) is 17.9. The molecule has 2 N–H and O–H groups in total. The SMILES string of the molecule is O=P(O)(Cl)NCCBr. The van der Waals surface area contributed by atoms with Gasteiger partial charge in [0.1, 0.15) is 0 Å². The Balaban J connectivity index is 3.26. The molecule has 1 atom stereocenters. The molecule has 0 saturated heterocycles. The molecule has 0 spiro atoms.